The van der Waals surface area contributed by atoms with Crippen LogP contribution in [0.1, 0.15) is 33.6 Å². The van der Waals surface area contributed by atoms with Crippen molar-refractivity contribution < 1.29 is 14.4 Å². The van der Waals surface area contributed by atoms with Crippen molar-refractivity contribution in [1.82, 2.24) is 15.5 Å². The maximum atomic E-state index is 12.0. The van der Waals surface area contributed by atoms with Gasteiger partial charge in [-0.3, -0.25) is 24.6 Å². The standard InChI is InChI=1S/C12H21N3O3/c1-4-5-6-13-9(16)8-15-10(17)7-14-12(2,3)11(15)18/h14H,4-8H2,1-3H3,(H,13,16). The number of unbranched alkanes of at least 4 members (excludes halogenated alkanes) is 1. The molecular formula is C12H21N3O3. The van der Waals surface area contributed by atoms with Crippen LogP contribution >= 0.6 is 0 Å². The second-order valence-corrected chi connectivity index (χ2v) is 4.97. The first-order valence-corrected chi connectivity index (χ1v) is 6.25. The number of hydrogen-bond donors (Lipinski definition) is 2. The Bertz CT molecular complexity index is 352. The summed E-state index contributed by atoms with van der Waals surface area (Å²) in [6.07, 6.45) is 1.87. The van der Waals surface area contributed by atoms with Crippen molar-refractivity contribution in [3.63, 3.8) is 0 Å². The molecule has 2 N–H and O–H groups in total. The first-order valence-electron chi connectivity index (χ1n) is 6.25. The van der Waals surface area contributed by atoms with E-state index in [1.54, 1.807) is 13.8 Å². The molecule has 0 aromatic carbocycles. The molecule has 0 aromatic heterocycles. The van der Waals surface area contributed by atoms with E-state index in [-0.39, 0.29) is 30.8 Å². The number of rotatable bonds is 5. The second-order valence-electron chi connectivity index (χ2n) is 4.97. The smallest absolute Gasteiger partial charge is 0.249 e. The van der Waals surface area contributed by atoms with Gasteiger partial charge in [-0.05, 0) is 20.3 Å². The van der Waals surface area contributed by atoms with Crippen LogP contribution in [0.25, 0.3) is 0 Å². The number of nitrogens with one attached hydrogen (secondary N) is 2. The van der Waals surface area contributed by atoms with E-state index in [2.05, 4.69) is 10.6 Å². The van der Waals surface area contributed by atoms with E-state index in [0.29, 0.717) is 6.54 Å². The molecule has 0 unspecified atom stereocenters. The molecule has 1 fully saturated rings. The van der Waals surface area contributed by atoms with Crippen molar-refractivity contribution in [2.24, 2.45) is 0 Å². The van der Waals surface area contributed by atoms with Crippen molar-refractivity contribution >= 4 is 17.7 Å². The third-order valence-electron chi connectivity index (χ3n) is 2.92. The van der Waals surface area contributed by atoms with Gasteiger partial charge in [0.15, 0.2) is 0 Å². The van der Waals surface area contributed by atoms with Gasteiger partial charge in [0.25, 0.3) is 0 Å². The third-order valence-corrected chi connectivity index (χ3v) is 2.92. The Kier molecular flexibility index (Phi) is 4.84. The molecule has 0 spiro atoms. The fourth-order valence-electron chi connectivity index (χ4n) is 1.68. The summed E-state index contributed by atoms with van der Waals surface area (Å²) in [7, 11) is 0. The lowest BCUT2D eigenvalue weighted by atomic mass is 10.0. The molecule has 1 aliphatic heterocycles. The number of carbonyl (C=O) groups is 3. The normalized spacial score (nSPS) is 18.9. The first-order chi connectivity index (χ1) is 8.38. The van der Waals surface area contributed by atoms with Crippen molar-refractivity contribution in [2.75, 3.05) is 19.6 Å². The summed E-state index contributed by atoms with van der Waals surface area (Å²) >= 11 is 0. The van der Waals surface area contributed by atoms with Crippen LogP contribution in [0.5, 0.6) is 0 Å². The van der Waals surface area contributed by atoms with Crippen LogP contribution in [0.3, 0.4) is 0 Å². The fourth-order valence-corrected chi connectivity index (χ4v) is 1.68. The van der Waals surface area contributed by atoms with Crippen LogP contribution in [-0.2, 0) is 14.4 Å². The molecule has 0 radical (unpaired) electrons. The second kappa shape index (κ2) is 5.95. The van der Waals surface area contributed by atoms with Gasteiger partial charge in [-0.1, -0.05) is 13.3 Å². The molecule has 0 bridgehead atoms. The summed E-state index contributed by atoms with van der Waals surface area (Å²) in [5.41, 5.74) is -0.794. The summed E-state index contributed by atoms with van der Waals surface area (Å²) in [4.78, 5) is 36.2. The maximum Gasteiger partial charge on any atom is 0.249 e. The number of hydrogen-bond acceptors (Lipinski definition) is 4. The number of carbonyl (C=O) groups excluding carboxylic acids is 3. The lowest BCUT2D eigenvalue weighted by Gasteiger charge is -2.36. The molecule has 18 heavy (non-hydrogen) atoms. The Morgan fingerprint density at radius 3 is 2.72 bits per heavy atom. The van der Waals surface area contributed by atoms with Crippen LogP contribution < -0.4 is 10.6 Å². The highest BCUT2D eigenvalue weighted by Crippen LogP contribution is 2.12. The highest BCUT2D eigenvalue weighted by atomic mass is 16.2. The van der Waals surface area contributed by atoms with Gasteiger partial charge < -0.3 is 5.32 Å². The predicted molar refractivity (Wildman–Crippen MR) is 66.7 cm³/mol. The highest BCUT2D eigenvalue weighted by molar-refractivity contribution is 6.05. The van der Waals surface area contributed by atoms with Crippen LogP contribution in [0.4, 0.5) is 0 Å². The molecule has 6 heteroatoms. The van der Waals surface area contributed by atoms with Crippen LogP contribution in [0.2, 0.25) is 0 Å². The molecule has 6 nitrogen and oxygen atoms in total. The zero-order valence-electron chi connectivity index (χ0n) is 11.2. The highest BCUT2D eigenvalue weighted by Gasteiger charge is 2.40. The number of piperazine rings is 1. The molecule has 0 saturated carbocycles. The maximum absolute atomic E-state index is 12.0. The Labute approximate surface area is 107 Å². The third kappa shape index (κ3) is 3.53. The zero-order chi connectivity index (χ0) is 13.8. The molecule has 0 atom stereocenters. The molecule has 0 aromatic rings. The van der Waals surface area contributed by atoms with Gasteiger partial charge in [0.1, 0.15) is 6.54 Å². The largest absolute Gasteiger partial charge is 0.355 e. The number of imide groups is 1. The van der Waals surface area contributed by atoms with Gasteiger partial charge in [0.2, 0.25) is 17.7 Å². The first kappa shape index (κ1) is 14.6. The van der Waals surface area contributed by atoms with Crippen LogP contribution in [-0.4, -0.2) is 47.8 Å². The van der Waals surface area contributed by atoms with Gasteiger partial charge in [-0.15, -0.1) is 0 Å². The van der Waals surface area contributed by atoms with E-state index in [9.17, 15) is 14.4 Å². The molecule has 1 aliphatic rings. The Balaban J connectivity index is 2.56. The molecule has 1 saturated heterocycles. The van der Waals surface area contributed by atoms with Gasteiger partial charge in [-0.2, -0.15) is 0 Å². The lowest BCUT2D eigenvalue weighted by molar-refractivity contribution is -0.154. The summed E-state index contributed by atoms with van der Waals surface area (Å²) in [5.74, 6) is -1.00. The zero-order valence-corrected chi connectivity index (χ0v) is 11.2. The van der Waals surface area contributed by atoms with Crippen molar-refractivity contribution in [3.05, 3.63) is 0 Å². The summed E-state index contributed by atoms with van der Waals surface area (Å²) in [6.45, 7) is 5.90. The van der Waals surface area contributed by atoms with Crippen LogP contribution in [0, 0.1) is 0 Å². The van der Waals surface area contributed by atoms with Crippen molar-refractivity contribution in [3.8, 4) is 0 Å². The van der Waals surface area contributed by atoms with Crippen molar-refractivity contribution in [1.29, 1.82) is 0 Å². The summed E-state index contributed by atoms with van der Waals surface area (Å²) in [5, 5.41) is 5.53. The molecule has 0 aliphatic carbocycles. The van der Waals surface area contributed by atoms with E-state index in [4.69, 9.17) is 0 Å². The summed E-state index contributed by atoms with van der Waals surface area (Å²) in [6, 6.07) is 0. The van der Waals surface area contributed by atoms with E-state index >= 15 is 0 Å². The fraction of sp³-hybridized carbons (Fsp3) is 0.750. The van der Waals surface area contributed by atoms with Gasteiger partial charge in [0.05, 0.1) is 12.1 Å². The number of nitrogens with zero attached hydrogens (tertiary/aromatic N) is 1. The molecule has 102 valence electrons. The minimum atomic E-state index is -0.794. The van der Waals surface area contributed by atoms with Gasteiger partial charge >= 0.3 is 0 Å². The van der Waals surface area contributed by atoms with E-state index in [1.807, 2.05) is 6.92 Å². The number of amides is 3. The Morgan fingerprint density at radius 2 is 2.11 bits per heavy atom. The van der Waals surface area contributed by atoms with E-state index in [1.165, 1.54) is 0 Å². The monoisotopic (exact) mass is 255 g/mol. The van der Waals surface area contributed by atoms with Crippen LogP contribution in [0.15, 0.2) is 0 Å². The Morgan fingerprint density at radius 1 is 1.44 bits per heavy atom. The van der Waals surface area contributed by atoms with E-state index in [0.717, 1.165) is 17.7 Å². The van der Waals surface area contributed by atoms with Gasteiger partial charge in [0, 0.05) is 6.54 Å². The topological polar surface area (TPSA) is 78.5 Å². The average Bonchev–Trinajstić information content (AvgIpc) is 2.31. The molecule has 3 amide bonds. The Hall–Kier alpha value is -1.43. The van der Waals surface area contributed by atoms with Crippen molar-refractivity contribution in [2.45, 2.75) is 39.2 Å². The quantitative estimate of drug-likeness (QED) is 0.519. The van der Waals surface area contributed by atoms with E-state index < -0.39 is 5.54 Å². The summed E-state index contributed by atoms with van der Waals surface area (Å²) < 4.78 is 0. The molecular weight excluding hydrogens is 234 g/mol. The molecule has 1 rings (SSSR count). The minimum Gasteiger partial charge on any atom is -0.355 e. The van der Waals surface area contributed by atoms with Gasteiger partial charge in [-0.25, -0.2) is 0 Å². The molecule has 1 heterocycles. The average molecular weight is 255 g/mol. The minimum absolute atomic E-state index is 0.0843. The predicted octanol–water partition coefficient (Wildman–Crippen LogP) is -0.360. The lowest BCUT2D eigenvalue weighted by Crippen LogP contribution is -2.64. The SMILES string of the molecule is CCCCNC(=O)CN1C(=O)CNC(C)(C)C1=O.